The van der Waals surface area contributed by atoms with E-state index < -0.39 is 0 Å². The van der Waals surface area contributed by atoms with Crippen molar-refractivity contribution in [3.63, 3.8) is 0 Å². The number of nitrogen functional groups attached to an aromatic ring is 1. The maximum absolute atomic E-state index is 12.2. The van der Waals surface area contributed by atoms with Gasteiger partial charge in [0.1, 0.15) is 5.82 Å². The molecule has 0 radical (unpaired) electrons. The lowest BCUT2D eigenvalue weighted by Crippen LogP contribution is -2.15. The fourth-order valence-corrected chi connectivity index (χ4v) is 2.53. The zero-order valence-corrected chi connectivity index (χ0v) is 14.5. The number of nitrogens with zero attached hydrogens (tertiary/aromatic N) is 1. The number of hydrogen-bond acceptors (Lipinski definition) is 3. The van der Waals surface area contributed by atoms with Gasteiger partial charge in [0.05, 0.1) is 10.9 Å². The highest BCUT2D eigenvalue weighted by Gasteiger charge is 2.15. The maximum Gasteiger partial charge on any atom is 0.258 e. The van der Waals surface area contributed by atoms with Crippen molar-refractivity contribution in [1.82, 2.24) is 9.97 Å². The monoisotopic (exact) mass is 351 g/mol. The van der Waals surface area contributed by atoms with E-state index in [0.717, 1.165) is 11.1 Å². The maximum atomic E-state index is 12.2. The number of halogens is 2. The van der Waals surface area contributed by atoms with Crippen molar-refractivity contribution in [3.8, 4) is 0 Å². The topological polar surface area (TPSA) is 71.8 Å². The third kappa shape index (κ3) is 3.66. The minimum absolute atomic E-state index is 0. The molecule has 1 atom stereocenters. The highest BCUT2D eigenvalue weighted by Crippen LogP contribution is 2.26. The summed E-state index contributed by atoms with van der Waals surface area (Å²) in [5, 5.41) is 0.618. The lowest BCUT2D eigenvalue weighted by atomic mass is 9.98. The summed E-state index contributed by atoms with van der Waals surface area (Å²) < 4.78 is 0. The first kappa shape index (κ1) is 19.0. The zero-order valence-electron chi connectivity index (χ0n) is 12.9. The Balaban J connectivity index is 0.00000132. The van der Waals surface area contributed by atoms with Crippen molar-refractivity contribution in [2.24, 2.45) is 0 Å². The molecule has 2 aromatic carbocycles. The van der Waals surface area contributed by atoms with Gasteiger partial charge in [-0.25, -0.2) is 4.98 Å². The van der Waals surface area contributed by atoms with Crippen LogP contribution in [0.2, 0.25) is 0 Å². The van der Waals surface area contributed by atoms with Gasteiger partial charge < -0.3 is 10.7 Å². The number of aromatic amines is 1. The molecule has 1 unspecified atom stereocenters. The fraction of sp³-hybridized carbons (Fsp3) is 0.176. The third-order valence-electron chi connectivity index (χ3n) is 3.75. The largest absolute Gasteiger partial charge is 0.398 e. The number of para-hydroxylation sites is 1. The molecule has 0 spiro atoms. The zero-order chi connectivity index (χ0) is 15.0. The SMILES string of the molecule is Cc1ccc2nc(C(C)c3ccccc3N)[nH]c(=O)c2c1.Cl.Cl. The highest BCUT2D eigenvalue weighted by atomic mass is 35.5. The molecule has 0 saturated heterocycles. The van der Waals surface area contributed by atoms with E-state index in [4.69, 9.17) is 5.73 Å². The summed E-state index contributed by atoms with van der Waals surface area (Å²) in [6, 6.07) is 13.3. The van der Waals surface area contributed by atoms with E-state index in [1.54, 1.807) is 0 Å². The molecule has 0 aliphatic carbocycles. The minimum atomic E-state index is -0.111. The highest BCUT2D eigenvalue weighted by molar-refractivity contribution is 5.85. The lowest BCUT2D eigenvalue weighted by Gasteiger charge is -2.14. The van der Waals surface area contributed by atoms with Crippen LogP contribution in [0.5, 0.6) is 0 Å². The van der Waals surface area contributed by atoms with Gasteiger partial charge in [-0.2, -0.15) is 0 Å². The summed E-state index contributed by atoms with van der Waals surface area (Å²) in [6.45, 7) is 3.95. The van der Waals surface area contributed by atoms with E-state index in [1.165, 1.54) is 0 Å². The Hall–Kier alpha value is -2.04. The van der Waals surface area contributed by atoms with Crippen molar-refractivity contribution < 1.29 is 0 Å². The fourth-order valence-electron chi connectivity index (χ4n) is 2.53. The normalized spacial score (nSPS) is 11.4. The van der Waals surface area contributed by atoms with Gasteiger partial charge in [-0.1, -0.05) is 36.8 Å². The smallest absolute Gasteiger partial charge is 0.258 e. The summed E-state index contributed by atoms with van der Waals surface area (Å²) in [5.41, 5.74) is 9.32. The van der Waals surface area contributed by atoms with Crippen molar-refractivity contribution in [3.05, 3.63) is 69.8 Å². The second-order valence-corrected chi connectivity index (χ2v) is 5.32. The Kier molecular flexibility index (Phi) is 6.19. The Labute approximate surface area is 147 Å². The minimum Gasteiger partial charge on any atom is -0.398 e. The van der Waals surface area contributed by atoms with Crippen LogP contribution in [0.1, 0.15) is 29.8 Å². The molecule has 23 heavy (non-hydrogen) atoms. The number of nitrogens with one attached hydrogen (secondary N) is 1. The van der Waals surface area contributed by atoms with E-state index in [-0.39, 0.29) is 36.3 Å². The number of anilines is 1. The van der Waals surface area contributed by atoms with Crippen LogP contribution in [0.3, 0.4) is 0 Å². The number of nitrogens with two attached hydrogens (primary N) is 1. The molecule has 6 heteroatoms. The first-order chi connectivity index (χ1) is 10.1. The molecule has 4 nitrogen and oxygen atoms in total. The van der Waals surface area contributed by atoms with Gasteiger partial charge >= 0.3 is 0 Å². The van der Waals surface area contributed by atoms with Crippen LogP contribution in [0, 0.1) is 6.92 Å². The third-order valence-corrected chi connectivity index (χ3v) is 3.75. The number of aromatic nitrogens is 2. The summed E-state index contributed by atoms with van der Waals surface area (Å²) in [5.74, 6) is 0.568. The van der Waals surface area contributed by atoms with Crippen molar-refractivity contribution >= 4 is 41.4 Å². The molecule has 3 N–H and O–H groups in total. The van der Waals surface area contributed by atoms with Crippen LogP contribution in [-0.4, -0.2) is 9.97 Å². The molecule has 3 aromatic rings. The summed E-state index contributed by atoms with van der Waals surface area (Å²) in [4.78, 5) is 19.7. The van der Waals surface area contributed by atoms with Crippen LogP contribution in [0.4, 0.5) is 5.69 Å². The molecular weight excluding hydrogens is 333 g/mol. The molecule has 0 amide bonds. The van der Waals surface area contributed by atoms with Gasteiger partial charge in [0.25, 0.3) is 5.56 Å². The average Bonchev–Trinajstić information content (AvgIpc) is 2.47. The standard InChI is InChI=1S/C17H17N3O.2ClH/c1-10-7-8-15-13(9-10)17(21)20-16(19-15)11(2)12-5-3-4-6-14(12)18;;/h3-9,11H,18H2,1-2H3,(H,19,20,21);2*1H. The second-order valence-electron chi connectivity index (χ2n) is 5.32. The van der Waals surface area contributed by atoms with Crippen LogP contribution < -0.4 is 11.3 Å². The molecular formula is C17H19Cl2N3O. The van der Waals surface area contributed by atoms with Crippen LogP contribution >= 0.6 is 24.8 Å². The number of aryl methyl sites for hydroxylation is 1. The predicted molar refractivity (Wildman–Crippen MR) is 100.0 cm³/mol. The number of fused-ring (bicyclic) bond motifs is 1. The number of benzene rings is 2. The van der Waals surface area contributed by atoms with Crippen LogP contribution in [0.15, 0.2) is 47.3 Å². The van der Waals surface area contributed by atoms with E-state index in [2.05, 4.69) is 9.97 Å². The van der Waals surface area contributed by atoms with Gasteiger partial charge in [0.2, 0.25) is 0 Å². The van der Waals surface area contributed by atoms with Gasteiger partial charge in [0.15, 0.2) is 0 Å². The quantitative estimate of drug-likeness (QED) is 0.689. The first-order valence-corrected chi connectivity index (χ1v) is 6.91. The number of H-pyrrole nitrogens is 1. The number of rotatable bonds is 2. The van der Waals surface area contributed by atoms with Gasteiger partial charge in [-0.15, -0.1) is 24.8 Å². The Morgan fingerprint density at radius 1 is 1.13 bits per heavy atom. The van der Waals surface area contributed by atoms with E-state index in [0.29, 0.717) is 22.4 Å². The Bertz CT molecular complexity index is 877. The van der Waals surface area contributed by atoms with Crippen LogP contribution in [-0.2, 0) is 0 Å². The van der Waals surface area contributed by atoms with Gasteiger partial charge in [0, 0.05) is 11.6 Å². The van der Waals surface area contributed by atoms with Gasteiger partial charge in [-0.3, -0.25) is 4.79 Å². The molecule has 0 fully saturated rings. The Morgan fingerprint density at radius 2 is 1.83 bits per heavy atom. The lowest BCUT2D eigenvalue weighted by molar-refractivity contribution is 0.820. The van der Waals surface area contributed by atoms with Crippen molar-refractivity contribution in [2.75, 3.05) is 5.73 Å². The van der Waals surface area contributed by atoms with Crippen molar-refractivity contribution in [2.45, 2.75) is 19.8 Å². The molecule has 1 heterocycles. The van der Waals surface area contributed by atoms with E-state index >= 15 is 0 Å². The van der Waals surface area contributed by atoms with E-state index in [9.17, 15) is 4.79 Å². The number of hydrogen-bond donors (Lipinski definition) is 2. The summed E-state index contributed by atoms with van der Waals surface area (Å²) in [6.07, 6.45) is 0. The molecule has 0 aliphatic rings. The second kappa shape index (κ2) is 7.49. The molecule has 0 aliphatic heterocycles. The van der Waals surface area contributed by atoms with Gasteiger partial charge in [-0.05, 0) is 30.7 Å². The van der Waals surface area contributed by atoms with Crippen molar-refractivity contribution in [1.29, 1.82) is 0 Å². The Morgan fingerprint density at radius 3 is 2.52 bits per heavy atom. The molecule has 1 aromatic heterocycles. The van der Waals surface area contributed by atoms with E-state index in [1.807, 2.05) is 56.3 Å². The molecule has 122 valence electrons. The summed E-state index contributed by atoms with van der Waals surface area (Å²) in [7, 11) is 0. The summed E-state index contributed by atoms with van der Waals surface area (Å²) >= 11 is 0. The molecule has 3 rings (SSSR count). The molecule has 0 saturated carbocycles. The molecule has 0 bridgehead atoms. The van der Waals surface area contributed by atoms with Crippen LogP contribution in [0.25, 0.3) is 10.9 Å². The first-order valence-electron chi connectivity index (χ1n) is 6.91. The predicted octanol–water partition coefficient (Wildman–Crippen LogP) is 3.81. The average molecular weight is 352 g/mol.